The van der Waals surface area contributed by atoms with Gasteiger partial charge in [-0.1, -0.05) is 0 Å². The maximum Gasteiger partial charge on any atom is 1.00 e. The molecule has 0 bridgehead atoms. The third-order valence-electron chi connectivity index (χ3n) is 3.21. The van der Waals surface area contributed by atoms with Gasteiger partial charge in [-0.2, -0.15) is 6.42 Å². The fourth-order valence-electron chi connectivity index (χ4n) is 2.23. The summed E-state index contributed by atoms with van der Waals surface area (Å²) < 4.78 is 22.3. The number of carbonyl (C=O) groups excluding carboxylic acids is 1. The van der Waals surface area contributed by atoms with Crippen molar-refractivity contribution in [2.75, 3.05) is 0 Å². The fourth-order valence-corrected chi connectivity index (χ4v) is 4.33. The van der Waals surface area contributed by atoms with Crippen LogP contribution in [0.4, 0.5) is 0 Å². The van der Waals surface area contributed by atoms with Crippen molar-refractivity contribution in [2.24, 2.45) is 0 Å². The molecule has 2 N–H and O–H groups in total. The van der Waals surface area contributed by atoms with Crippen LogP contribution < -0.4 is 46.9 Å². The van der Waals surface area contributed by atoms with Crippen LogP contribution in [-0.4, -0.2) is 41.6 Å². The molecule has 0 saturated carbocycles. The van der Waals surface area contributed by atoms with Crippen molar-refractivity contribution in [3.8, 4) is 0 Å². The minimum Gasteiger partial charge on any atom is -1.00 e. The van der Waals surface area contributed by atoms with Crippen LogP contribution in [0.2, 0.25) is 0 Å². The first-order valence-corrected chi connectivity index (χ1v) is 5.98. The molecule has 1 amide bonds. The van der Waals surface area contributed by atoms with Gasteiger partial charge in [-0.3, -0.25) is 9.69 Å². The second-order valence-electron chi connectivity index (χ2n) is 4.33. The monoisotopic (exact) mass is 291 g/mol. The van der Waals surface area contributed by atoms with E-state index in [2.05, 4.69) is 0 Å². The van der Waals surface area contributed by atoms with E-state index in [4.69, 9.17) is 5.11 Å². The summed E-state index contributed by atoms with van der Waals surface area (Å²) >= 11 is 0. The van der Waals surface area contributed by atoms with Gasteiger partial charge in [0.15, 0.2) is 15.7 Å². The molecule has 0 aromatic heterocycles. The Morgan fingerprint density at radius 2 is 1.94 bits per heavy atom. The standard InChI is InChI=1S/C8H10NO5S.ClH.Na/c1-8(2)6(7(11)12)9-4(10)3-5(9)15(8,13)14;;/h3,5-6H,1-2H3,(H,11,12);1H;/q-1;;+1/t5-,6+;;/m1../s1. The summed E-state index contributed by atoms with van der Waals surface area (Å²) in [6.07, 6.45) is 1.08. The molecule has 0 spiro atoms. The number of β-lactam (4-membered cyclic amide) rings is 1. The molecule has 0 aromatic carbocycles. The van der Waals surface area contributed by atoms with Crippen molar-refractivity contribution in [3.63, 3.8) is 0 Å². The van der Waals surface area contributed by atoms with Gasteiger partial charge in [-0.15, -0.1) is 0 Å². The molecule has 2 saturated heterocycles. The van der Waals surface area contributed by atoms with Gasteiger partial charge < -0.3 is 17.5 Å². The van der Waals surface area contributed by atoms with Gasteiger partial charge in [-0.25, -0.2) is 13.2 Å². The van der Waals surface area contributed by atoms with Crippen LogP contribution in [0.1, 0.15) is 13.8 Å². The van der Waals surface area contributed by atoms with E-state index in [0.717, 1.165) is 6.42 Å². The number of sulfone groups is 1. The van der Waals surface area contributed by atoms with Gasteiger partial charge in [0.25, 0.3) is 0 Å². The number of carboxylic acid groups (broad SMARTS) is 1. The molecule has 2 aliphatic heterocycles. The van der Waals surface area contributed by atoms with Crippen molar-refractivity contribution < 1.29 is 70.0 Å². The van der Waals surface area contributed by atoms with Crippen LogP contribution in [-0.2, 0) is 19.4 Å². The number of carbonyl (C=O) groups is 2. The number of fused-ring (bicyclic) bond motifs is 1. The van der Waals surface area contributed by atoms with E-state index in [1.807, 2.05) is 0 Å². The fraction of sp³-hybridized carbons (Fsp3) is 0.625. The average molecular weight is 292 g/mol. The molecule has 17 heavy (non-hydrogen) atoms. The molecule has 3 atom stereocenters. The second kappa shape index (κ2) is 4.71. The SMILES string of the molecule is CC1(C)[C@H](C(=O)O)[NH+]2C(=O)[CH-][C@H]2S1(=O)=O.[Cl-].[Na+]. The predicted molar refractivity (Wildman–Crippen MR) is 48.5 cm³/mol. The summed E-state index contributed by atoms with van der Waals surface area (Å²) in [5, 5.41) is 8.00. The zero-order chi connectivity index (χ0) is 11.6. The average Bonchev–Trinajstić information content (AvgIpc) is 2.19. The van der Waals surface area contributed by atoms with E-state index < -0.39 is 37.9 Å². The van der Waals surface area contributed by atoms with E-state index in [9.17, 15) is 18.0 Å². The molecule has 0 radical (unpaired) electrons. The molecule has 1 unspecified atom stereocenters. The quantitative estimate of drug-likeness (QED) is 0.284. The third-order valence-corrected chi connectivity index (χ3v) is 5.98. The van der Waals surface area contributed by atoms with Gasteiger partial charge in [0.2, 0.25) is 6.04 Å². The van der Waals surface area contributed by atoms with Gasteiger partial charge in [0, 0.05) is 0 Å². The molecule has 2 heterocycles. The number of hydrogen-bond acceptors (Lipinski definition) is 4. The van der Waals surface area contributed by atoms with Gasteiger partial charge >= 0.3 is 35.5 Å². The van der Waals surface area contributed by atoms with E-state index in [-0.39, 0.29) is 46.9 Å². The van der Waals surface area contributed by atoms with Crippen LogP contribution in [0.5, 0.6) is 0 Å². The Hall–Kier alpha value is 0.210. The number of amides is 1. The first-order chi connectivity index (χ1) is 6.71. The van der Waals surface area contributed by atoms with Crippen molar-refractivity contribution in [2.45, 2.75) is 30.0 Å². The molecular weight excluding hydrogens is 281 g/mol. The molecule has 0 aliphatic carbocycles. The molecular formula is C8H11ClNNaO5S. The Morgan fingerprint density at radius 3 is 2.24 bits per heavy atom. The topological polar surface area (TPSA) is 92.9 Å². The molecule has 92 valence electrons. The number of aliphatic carboxylic acids is 1. The zero-order valence-corrected chi connectivity index (χ0v) is 13.2. The van der Waals surface area contributed by atoms with Crippen LogP contribution in [0, 0.1) is 6.42 Å². The second-order valence-corrected chi connectivity index (χ2v) is 6.98. The maximum atomic E-state index is 11.9. The minimum absolute atomic E-state index is 0. The third kappa shape index (κ3) is 1.93. The van der Waals surface area contributed by atoms with Crippen LogP contribution in [0.25, 0.3) is 0 Å². The maximum absolute atomic E-state index is 11.9. The van der Waals surface area contributed by atoms with Crippen molar-refractivity contribution >= 4 is 21.7 Å². The smallest absolute Gasteiger partial charge is 1.00 e. The largest absolute Gasteiger partial charge is 1.00 e. The Labute approximate surface area is 127 Å². The van der Waals surface area contributed by atoms with E-state index >= 15 is 0 Å². The van der Waals surface area contributed by atoms with Crippen molar-refractivity contribution in [3.05, 3.63) is 6.42 Å². The number of nitrogens with one attached hydrogen (secondary N) is 1. The van der Waals surface area contributed by atoms with Gasteiger partial charge in [-0.05, 0) is 13.8 Å². The summed E-state index contributed by atoms with van der Waals surface area (Å²) in [7, 11) is -3.59. The molecule has 2 fully saturated rings. The summed E-state index contributed by atoms with van der Waals surface area (Å²) in [4.78, 5) is 22.2. The molecule has 2 aliphatic rings. The Bertz CT molecular complexity index is 463. The van der Waals surface area contributed by atoms with Crippen LogP contribution in [0.15, 0.2) is 0 Å². The number of carboxylic acids is 1. The number of rotatable bonds is 1. The van der Waals surface area contributed by atoms with Crippen LogP contribution in [0.3, 0.4) is 0 Å². The summed E-state index contributed by atoms with van der Waals surface area (Å²) in [5.41, 5.74) is 0. The summed E-state index contributed by atoms with van der Waals surface area (Å²) in [6.45, 7) is 2.71. The predicted octanol–water partition coefficient (Wildman–Crippen LogP) is -8.39. The van der Waals surface area contributed by atoms with E-state index in [1.165, 1.54) is 13.8 Å². The first-order valence-electron chi connectivity index (χ1n) is 4.43. The Balaban J connectivity index is 0.00000128. The minimum atomic E-state index is -3.59. The Kier molecular flexibility index (Phi) is 4.77. The van der Waals surface area contributed by atoms with E-state index in [1.54, 1.807) is 0 Å². The van der Waals surface area contributed by atoms with Gasteiger partial charge in [0.05, 0.1) is 0 Å². The Morgan fingerprint density at radius 1 is 1.47 bits per heavy atom. The molecule has 0 aromatic rings. The number of quaternary nitrogens is 1. The van der Waals surface area contributed by atoms with Gasteiger partial charge in [0.1, 0.15) is 10.1 Å². The normalized spacial score (nSPS) is 35.4. The summed E-state index contributed by atoms with van der Waals surface area (Å²) in [5.74, 6) is -1.69. The first kappa shape index (κ1) is 17.2. The zero-order valence-electron chi connectivity index (χ0n) is 9.60. The van der Waals surface area contributed by atoms with Crippen molar-refractivity contribution in [1.82, 2.24) is 0 Å². The number of halogens is 1. The van der Waals surface area contributed by atoms with Crippen LogP contribution >= 0.6 is 0 Å². The van der Waals surface area contributed by atoms with Crippen molar-refractivity contribution in [1.29, 1.82) is 0 Å². The number of hydrogen-bond donors (Lipinski definition) is 2. The summed E-state index contributed by atoms with van der Waals surface area (Å²) in [6, 6.07) is -1.20. The molecule has 9 heteroatoms. The molecule has 6 nitrogen and oxygen atoms in total. The van der Waals surface area contributed by atoms with E-state index in [0.29, 0.717) is 0 Å². The molecule has 2 rings (SSSR count).